The van der Waals surface area contributed by atoms with Crippen LogP contribution in [0.4, 0.5) is 0 Å². The van der Waals surface area contributed by atoms with Crippen molar-refractivity contribution in [3.8, 4) is 0 Å². The molecule has 0 bridgehead atoms. The zero-order valence-electron chi connectivity index (χ0n) is 8.97. The van der Waals surface area contributed by atoms with Gasteiger partial charge in [-0.3, -0.25) is 0 Å². The molecule has 0 fully saturated rings. The minimum atomic E-state index is 0.771. The van der Waals surface area contributed by atoms with Gasteiger partial charge in [0.05, 0.1) is 6.61 Å². The Balaban J connectivity index is 2.78. The van der Waals surface area contributed by atoms with E-state index in [2.05, 4.69) is 6.92 Å². The number of rotatable bonds is 11. The van der Waals surface area contributed by atoms with Crippen LogP contribution in [0, 0.1) is 0 Å². The van der Waals surface area contributed by atoms with Gasteiger partial charge < -0.3 is 12.5 Å². The third-order valence-corrected chi connectivity index (χ3v) is 2.17. The third kappa shape index (κ3) is 12.6. The first kappa shape index (κ1) is 14.6. The zero-order chi connectivity index (χ0) is 10.5. The standard InChI is InChI=1S/C10H21IO3/c1-2-3-6-12-7-4-8-13-9-5-10-14-11/h2-10H2,1H3. The molecule has 86 valence electrons. The summed E-state index contributed by atoms with van der Waals surface area (Å²) in [6, 6.07) is 0. The van der Waals surface area contributed by atoms with Crippen LogP contribution in [-0.2, 0) is 12.5 Å². The van der Waals surface area contributed by atoms with Crippen LogP contribution in [0.25, 0.3) is 0 Å². The lowest BCUT2D eigenvalue weighted by Crippen LogP contribution is -2.03. The summed E-state index contributed by atoms with van der Waals surface area (Å²) in [5, 5.41) is 0. The van der Waals surface area contributed by atoms with Crippen molar-refractivity contribution in [1.82, 2.24) is 0 Å². The average Bonchev–Trinajstić information content (AvgIpc) is 2.21. The number of ether oxygens (including phenoxy) is 2. The van der Waals surface area contributed by atoms with E-state index in [9.17, 15) is 0 Å². The largest absolute Gasteiger partial charge is 0.381 e. The quantitative estimate of drug-likeness (QED) is 0.433. The van der Waals surface area contributed by atoms with E-state index in [1.54, 1.807) is 0 Å². The van der Waals surface area contributed by atoms with Gasteiger partial charge in [0.2, 0.25) is 0 Å². The summed E-state index contributed by atoms with van der Waals surface area (Å²) in [5.74, 6) is 0. The second-order valence-corrected chi connectivity index (χ2v) is 3.72. The number of unbranched alkanes of at least 4 members (excludes halogenated alkanes) is 1. The smallest absolute Gasteiger partial charge is 0.109 e. The minimum Gasteiger partial charge on any atom is -0.381 e. The topological polar surface area (TPSA) is 27.7 Å². The molecule has 0 heterocycles. The third-order valence-electron chi connectivity index (χ3n) is 1.73. The Morgan fingerprint density at radius 3 is 1.79 bits per heavy atom. The SMILES string of the molecule is CCCCOCCCOCCCOI. The van der Waals surface area contributed by atoms with Crippen LogP contribution in [0.3, 0.4) is 0 Å². The Labute approximate surface area is 101 Å². The van der Waals surface area contributed by atoms with Crippen molar-refractivity contribution in [3.63, 3.8) is 0 Å². The molecule has 0 aromatic rings. The Hall–Kier alpha value is 0.610. The summed E-state index contributed by atoms with van der Waals surface area (Å²) < 4.78 is 15.7. The minimum absolute atomic E-state index is 0.771. The van der Waals surface area contributed by atoms with Gasteiger partial charge in [-0.15, -0.1) is 0 Å². The molecule has 0 atom stereocenters. The highest BCUT2D eigenvalue weighted by molar-refractivity contribution is 14.1. The normalized spacial score (nSPS) is 10.7. The van der Waals surface area contributed by atoms with E-state index in [1.807, 2.05) is 23.0 Å². The molecule has 0 saturated heterocycles. The molecule has 0 unspecified atom stereocenters. The van der Waals surface area contributed by atoms with E-state index in [1.165, 1.54) is 6.42 Å². The van der Waals surface area contributed by atoms with E-state index in [4.69, 9.17) is 12.5 Å². The average molecular weight is 316 g/mol. The summed E-state index contributed by atoms with van der Waals surface area (Å²) in [4.78, 5) is 0. The molecule has 14 heavy (non-hydrogen) atoms. The molecule has 0 aliphatic rings. The lowest BCUT2D eigenvalue weighted by molar-refractivity contribution is 0.0781. The molecular weight excluding hydrogens is 295 g/mol. The van der Waals surface area contributed by atoms with Gasteiger partial charge in [0.1, 0.15) is 23.0 Å². The van der Waals surface area contributed by atoms with E-state index in [0.717, 1.165) is 52.3 Å². The summed E-state index contributed by atoms with van der Waals surface area (Å²) in [5.41, 5.74) is 0. The number of halogens is 1. The Bertz CT molecular complexity index is 89.4. The van der Waals surface area contributed by atoms with Crippen LogP contribution >= 0.6 is 23.0 Å². The highest BCUT2D eigenvalue weighted by Gasteiger charge is 1.91. The van der Waals surface area contributed by atoms with Crippen molar-refractivity contribution < 1.29 is 12.5 Å². The highest BCUT2D eigenvalue weighted by atomic mass is 127. The van der Waals surface area contributed by atoms with E-state index in [-0.39, 0.29) is 0 Å². The lowest BCUT2D eigenvalue weighted by Gasteiger charge is -2.04. The molecule has 0 aromatic carbocycles. The maximum absolute atomic E-state index is 5.40. The fraction of sp³-hybridized carbons (Fsp3) is 1.00. The van der Waals surface area contributed by atoms with Crippen molar-refractivity contribution >= 4 is 23.0 Å². The Kier molecular flexibility index (Phi) is 14.2. The molecule has 0 radical (unpaired) electrons. The molecule has 4 heteroatoms. The monoisotopic (exact) mass is 316 g/mol. The predicted octanol–water partition coefficient (Wildman–Crippen LogP) is 2.97. The second kappa shape index (κ2) is 13.6. The fourth-order valence-electron chi connectivity index (χ4n) is 0.929. The van der Waals surface area contributed by atoms with Gasteiger partial charge in [-0.05, 0) is 19.3 Å². The van der Waals surface area contributed by atoms with Gasteiger partial charge in [-0.1, -0.05) is 13.3 Å². The molecule has 3 nitrogen and oxygen atoms in total. The Morgan fingerprint density at radius 1 is 0.786 bits per heavy atom. The van der Waals surface area contributed by atoms with Crippen LogP contribution in [0.5, 0.6) is 0 Å². The summed E-state index contributed by atoms with van der Waals surface area (Å²) in [7, 11) is 0. The van der Waals surface area contributed by atoms with Gasteiger partial charge >= 0.3 is 0 Å². The summed E-state index contributed by atoms with van der Waals surface area (Å²) >= 11 is 1.90. The first-order valence-corrected chi connectivity index (χ1v) is 6.19. The van der Waals surface area contributed by atoms with E-state index >= 15 is 0 Å². The van der Waals surface area contributed by atoms with Gasteiger partial charge in [0.25, 0.3) is 0 Å². The van der Waals surface area contributed by atoms with Crippen molar-refractivity contribution in [3.05, 3.63) is 0 Å². The van der Waals surface area contributed by atoms with Crippen LogP contribution in [0.1, 0.15) is 32.6 Å². The van der Waals surface area contributed by atoms with E-state index < -0.39 is 0 Å². The van der Waals surface area contributed by atoms with Crippen molar-refractivity contribution in [1.29, 1.82) is 0 Å². The van der Waals surface area contributed by atoms with Crippen LogP contribution in [0.2, 0.25) is 0 Å². The molecule has 0 aliphatic heterocycles. The maximum atomic E-state index is 5.40. The molecular formula is C10H21IO3. The van der Waals surface area contributed by atoms with Crippen LogP contribution in [0.15, 0.2) is 0 Å². The van der Waals surface area contributed by atoms with Crippen LogP contribution < -0.4 is 0 Å². The van der Waals surface area contributed by atoms with Gasteiger partial charge in [-0.25, -0.2) is 0 Å². The van der Waals surface area contributed by atoms with Crippen molar-refractivity contribution in [2.75, 3.05) is 33.0 Å². The molecule has 0 rings (SSSR count). The molecule has 0 aliphatic carbocycles. The van der Waals surface area contributed by atoms with E-state index in [0.29, 0.717) is 0 Å². The van der Waals surface area contributed by atoms with Crippen LogP contribution in [-0.4, -0.2) is 33.0 Å². The first-order valence-electron chi connectivity index (χ1n) is 5.30. The summed E-state index contributed by atoms with van der Waals surface area (Å²) in [6.45, 7) is 6.24. The second-order valence-electron chi connectivity index (χ2n) is 3.10. The van der Waals surface area contributed by atoms with Gasteiger partial charge in [0, 0.05) is 26.4 Å². The van der Waals surface area contributed by atoms with Gasteiger partial charge in [0.15, 0.2) is 0 Å². The molecule has 0 saturated carbocycles. The first-order chi connectivity index (χ1) is 6.91. The molecule has 0 aromatic heterocycles. The summed E-state index contributed by atoms with van der Waals surface area (Å²) in [6.07, 6.45) is 4.33. The fourth-order valence-corrected chi connectivity index (χ4v) is 1.24. The predicted molar refractivity (Wildman–Crippen MR) is 65.8 cm³/mol. The maximum Gasteiger partial charge on any atom is 0.109 e. The molecule has 0 amide bonds. The molecule has 0 N–H and O–H groups in total. The Morgan fingerprint density at radius 2 is 1.29 bits per heavy atom. The van der Waals surface area contributed by atoms with Crippen molar-refractivity contribution in [2.24, 2.45) is 0 Å². The highest BCUT2D eigenvalue weighted by Crippen LogP contribution is 1.93. The zero-order valence-corrected chi connectivity index (χ0v) is 11.1. The molecule has 0 spiro atoms. The van der Waals surface area contributed by atoms with Gasteiger partial charge in [-0.2, -0.15) is 0 Å². The lowest BCUT2D eigenvalue weighted by atomic mass is 10.4. The number of hydrogen-bond donors (Lipinski definition) is 0. The number of hydrogen-bond acceptors (Lipinski definition) is 3. The van der Waals surface area contributed by atoms with Crippen molar-refractivity contribution in [2.45, 2.75) is 32.6 Å².